The molecule has 3 rings (SSSR count). The summed E-state index contributed by atoms with van der Waals surface area (Å²) in [5.74, 6) is 0.471. The fourth-order valence-electron chi connectivity index (χ4n) is 2.71. The lowest BCUT2D eigenvalue weighted by Gasteiger charge is -2.28. The Bertz CT molecular complexity index is 675. The average Bonchev–Trinajstić information content (AvgIpc) is 2.59. The fourth-order valence-corrected chi connectivity index (χ4v) is 2.71. The molecular formula is C19H23N3O2. The third kappa shape index (κ3) is 4.32. The van der Waals surface area contributed by atoms with Crippen LogP contribution in [0, 0.1) is 6.92 Å². The number of nitrogens with zero attached hydrogens (tertiary/aromatic N) is 2. The standard InChI is InChI=1S/C19H23N3O2/c1-14-3-5-15(6-4-14)19(23)21-16-7-8-18(20-13-16)24-17-9-11-22(2)12-10-17/h3-8,13,17H,9-12H2,1-2H3,(H,21,23). The second kappa shape index (κ2) is 7.45. The Labute approximate surface area is 142 Å². The van der Waals surface area contributed by atoms with Crippen LogP contribution in [0.5, 0.6) is 5.88 Å². The topological polar surface area (TPSA) is 54.5 Å². The Morgan fingerprint density at radius 2 is 1.88 bits per heavy atom. The predicted octanol–water partition coefficient (Wildman–Crippen LogP) is 3.12. The quantitative estimate of drug-likeness (QED) is 0.938. The van der Waals surface area contributed by atoms with Crippen LogP contribution in [0.25, 0.3) is 0 Å². The molecule has 1 aliphatic rings. The van der Waals surface area contributed by atoms with Gasteiger partial charge in [-0.05, 0) is 45.0 Å². The number of aryl methyl sites for hydroxylation is 1. The van der Waals surface area contributed by atoms with E-state index in [1.165, 1.54) is 0 Å². The Kier molecular flexibility index (Phi) is 5.11. The zero-order valence-corrected chi connectivity index (χ0v) is 14.2. The van der Waals surface area contributed by atoms with Gasteiger partial charge in [-0.2, -0.15) is 0 Å². The van der Waals surface area contributed by atoms with Gasteiger partial charge in [0.05, 0.1) is 11.9 Å². The number of hydrogen-bond acceptors (Lipinski definition) is 4. The zero-order chi connectivity index (χ0) is 16.9. The van der Waals surface area contributed by atoms with Crippen LogP contribution in [0.15, 0.2) is 42.6 Å². The highest BCUT2D eigenvalue weighted by atomic mass is 16.5. The highest BCUT2D eigenvalue weighted by Crippen LogP contribution is 2.18. The zero-order valence-electron chi connectivity index (χ0n) is 14.2. The maximum Gasteiger partial charge on any atom is 0.255 e. The number of aromatic nitrogens is 1. The fraction of sp³-hybridized carbons (Fsp3) is 0.368. The van der Waals surface area contributed by atoms with Crippen molar-refractivity contribution in [3.05, 3.63) is 53.7 Å². The minimum absolute atomic E-state index is 0.138. The lowest BCUT2D eigenvalue weighted by atomic mass is 10.1. The van der Waals surface area contributed by atoms with Gasteiger partial charge in [0, 0.05) is 24.7 Å². The molecule has 0 aliphatic carbocycles. The summed E-state index contributed by atoms with van der Waals surface area (Å²) in [6.45, 7) is 4.10. The van der Waals surface area contributed by atoms with Gasteiger partial charge < -0.3 is 15.0 Å². The van der Waals surface area contributed by atoms with Gasteiger partial charge >= 0.3 is 0 Å². The van der Waals surface area contributed by atoms with E-state index in [2.05, 4.69) is 22.2 Å². The highest BCUT2D eigenvalue weighted by Gasteiger charge is 2.18. The molecule has 0 bridgehead atoms. The van der Waals surface area contributed by atoms with E-state index in [0.29, 0.717) is 17.1 Å². The van der Waals surface area contributed by atoms with Crippen molar-refractivity contribution in [3.63, 3.8) is 0 Å². The third-order valence-corrected chi connectivity index (χ3v) is 4.26. The minimum atomic E-state index is -0.138. The first-order valence-electron chi connectivity index (χ1n) is 8.29. The summed E-state index contributed by atoms with van der Waals surface area (Å²) in [4.78, 5) is 18.8. The van der Waals surface area contributed by atoms with Crippen LogP contribution in [0.3, 0.4) is 0 Å². The largest absolute Gasteiger partial charge is 0.474 e. The molecule has 1 amide bonds. The number of carbonyl (C=O) groups excluding carboxylic acids is 1. The maximum absolute atomic E-state index is 12.2. The first kappa shape index (κ1) is 16.5. The molecule has 1 aromatic heterocycles. The van der Waals surface area contributed by atoms with Gasteiger partial charge in [-0.1, -0.05) is 17.7 Å². The van der Waals surface area contributed by atoms with Crippen molar-refractivity contribution < 1.29 is 9.53 Å². The average molecular weight is 325 g/mol. The molecule has 0 unspecified atom stereocenters. The number of benzene rings is 1. The van der Waals surface area contributed by atoms with E-state index in [0.717, 1.165) is 31.5 Å². The molecule has 126 valence electrons. The molecule has 0 atom stereocenters. The van der Waals surface area contributed by atoms with Crippen LogP contribution >= 0.6 is 0 Å². The van der Waals surface area contributed by atoms with Crippen molar-refractivity contribution in [3.8, 4) is 5.88 Å². The van der Waals surface area contributed by atoms with Crippen LogP contribution in [0.1, 0.15) is 28.8 Å². The summed E-state index contributed by atoms with van der Waals surface area (Å²) < 4.78 is 5.91. The van der Waals surface area contributed by atoms with Crippen molar-refractivity contribution in [2.24, 2.45) is 0 Å². The van der Waals surface area contributed by atoms with E-state index in [1.807, 2.05) is 43.3 Å². The molecule has 5 nitrogen and oxygen atoms in total. The van der Waals surface area contributed by atoms with Gasteiger partial charge in [-0.3, -0.25) is 4.79 Å². The summed E-state index contributed by atoms with van der Waals surface area (Å²) in [7, 11) is 2.12. The van der Waals surface area contributed by atoms with E-state index in [-0.39, 0.29) is 12.0 Å². The lowest BCUT2D eigenvalue weighted by Crippen LogP contribution is -2.35. The minimum Gasteiger partial charge on any atom is -0.474 e. The van der Waals surface area contributed by atoms with Crippen LogP contribution in [0.4, 0.5) is 5.69 Å². The molecule has 0 saturated carbocycles. The molecule has 5 heteroatoms. The van der Waals surface area contributed by atoms with Crippen molar-refractivity contribution in [2.45, 2.75) is 25.9 Å². The molecule has 2 heterocycles. The van der Waals surface area contributed by atoms with Gasteiger partial charge in [-0.15, -0.1) is 0 Å². The molecule has 0 radical (unpaired) electrons. The Balaban J connectivity index is 1.56. The number of carbonyl (C=O) groups is 1. The molecule has 1 N–H and O–H groups in total. The van der Waals surface area contributed by atoms with E-state index < -0.39 is 0 Å². The number of likely N-dealkylation sites (tertiary alicyclic amines) is 1. The number of hydrogen-bond donors (Lipinski definition) is 1. The van der Waals surface area contributed by atoms with Gasteiger partial charge in [0.15, 0.2) is 0 Å². The Hall–Kier alpha value is -2.40. The van der Waals surface area contributed by atoms with E-state index >= 15 is 0 Å². The molecule has 24 heavy (non-hydrogen) atoms. The molecule has 1 aromatic carbocycles. The first-order chi connectivity index (χ1) is 11.6. The van der Waals surface area contributed by atoms with Crippen molar-refractivity contribution >= 4 is 11.6 Å². The molecule has 1 fully saturated rings. The Morgan fingerprint density at radius 3 is 2.50 bits per heavy atom. The number of rotatable bonds is 4. The predicted molar refractivity (Wildman–Crippen MR) is 94.5 cm³/mol. The summed E-state index contributed by atoms with van der Waals surface area (Å²) in [5.41, 5.74) is 2.42. The van der Waals surface area contributed by atoms with Gasteiger partial charge in [-0.25, -0.2) is 4.98 Å². The molecular weight excluding hydrogens is 302 g/mol. The first-order valence-corrected chi connectivity index (χ1v) is 8.29. The summed E-state index contributed by atoms with van der Waals surface area (Å²) >= 11 is 0. The van der Waals surface area contributed by atoms with E-state index in [1.54, 1.807) is 6.20 Å². The van der Waals surface area contributed by atoms with Crippen LogP contribution in [-0.4, -0.2) is 42.0 Å². The smallest absolute Gasteiger partial charge is 0.255 e. The van der Waals surface area contributed by atoms with Crippen LogP contribution < -0.4 is 10.1 Å². The SMILES string of the molecule is Cc1ccc(C(=O)Nc2ccc(OC3CCN(C)CC3)nc2)cc1. The lowest BCUT2D eigenvalue weighted by molar-refractivity contribution is 0.102. The van der Waals surface area contributed by atoms with Crippen molar-refractivity contribution in [1.82, 2.24) is 9.88 Å². The number of piperidine rings is 1. The number of nitrogens with one attached hydrogen (secondary N) is 1. The van der Waals surface area contributed by atoms with Gasteiger partial charge in [0.25, 0.3) is 5.91 Å². The molecule has 1 saturated heterocycles. The molecule has 1 aliphatic heterocycles. The Morgan fingerprint density at radius 1 is 1.17 bits per heavy atom. The third-order valence-electron chi connectivity index (χ3n) is 4.26. The second-order valence-corrected chi connectivity index (χ2v) is 6.33. The normalized spacial score (nSPS) is 15.9. The van der Waals surface area contributed by atoms with E-state index in [9.17, 15) is 4.79 Å². The van der Waals surface area contributed by atoms with Gasteiger partial charge in [0.1, 0.15) is 6.10 Å². The number of ether oxygens (including phenoxy) is 1. The molecule has 0 spiro atoms. The number of amides is 1. The van der Waals surface area contributed by atoms with Crippen LogP contribution in [0.2, 0.25) is 0 Å². The summed E-state index contributed by atoms with van der Waals surface area (Å²) in [6.07, 6.45) is 3.89. The van der Waals surface area contributed by atoms with E-state index in [4.69, 9.17) is 4.74 Å². The number of pyridine rings is 1. The maximum atomic E-state index is 12.2. The summed E-state index contributed by atoms with van der Waals surface area (Å²) in [5, 5.41) is 2.85. The van der Waals surface area contributed by atoms with Crippen molar-refractivity contribution in [1.29, 1.82) is 0 Å². The van der Waals surface area contributed by atoms with Gasteiger partial charge in [0.2, 0.25) is 5.88 Å². The highest BCUT2D eigenvalue weighted by molar-refractivity contribution is 6.04. The monoisotopic (exact) mass is 325 g/mol. The number of anilines is 1. The second-order valence-electron chi connectivity index (χ2n) is 6.33. The van der Waals surface area contributed by atoms with Crippen LogP contribution in [-0.2, 0) is 0 Å². The summed E-state index contributed by atoms with van der Waals surface area (Å²) in [6, 6.07) is 11.1. The molecule has 2 aromatic rings. The van der Waals surface area contributed by atoms with Crippen molar-refractivity contribution in [2.75, 3.05) is 25.5 Å².